The van der Waals surface area contributed by atoms with Gasteiger partial charge in [-0.05, 0) is 50.5 Å². The summed E-state index contributed by atoms with van der Waals surface area (Å²) in [6.45, 7) is 6.40. The molecule has 3 rings (SSSR count). The Morgan fingerprint density at radius 3 is 2.53 bits per heavy atom. The standard InChI is InChI=1S/C13H24N2/c1-10-2-4-12(5-3-10)15-8-11-6-7-14-13(11)9-15/h10-14H,2-9H2,1H3/t10?,11-,12?,13+/m0/s1. The number of hydrogen-bond donors (Lipinski definition) is 1. The van der Waals surface area contributed by atoms with Crippen LogP contribution in [0.4, 0.5) is 0 Å². The third-order valence-electron chi connectivity index (χ3n) is 4.89. The fourth-order valence-corrected chi connectivity index (χ4v) is 3.79. The molecule has 2 aliphatic heterocycles. The van der Waals surface area contributed by atoms with Gasteiger partial charge in [-0.2, -0.15) is 0 Å². The molecule has 1 N–H and O–H groups in total. The fraction of sp³-hybridized carbons (Fsp3) is 1.00. The summed E-state index contributed by atoms with van der Waals surface area (Å²) < 4.78 is 0. The van der Waals surface area contributed by atoms with E-state index in [1.165, 1.54) is 51.7 Å². The Bertz CT molecular complexity index is 209. The molecular formula is C13H24N2. The number of likely N-dealkylation sites (tertiary alicyclic amines) is 1. The molecule has 15 heavy (non-hydrogen) atoms. The van der Waals surface area contributed by atoms with E-state index < -0.39 is 0 Å². The van der Waals surface area contributed by atoms with Gasteiger partial charge in [0, 0.05) is 25.2 Å². The Morgan fingerprint density at radius 2 is 1.80 bits per heavy atom. The molecule has 0 aromatic carbocycles. The summed E-state index contributed by atoms with van der Waals surface area (Å²) in [5.74, 6) is 1.96. The number of hydrogen-bond acceptors (Lipinski definition) is 2. The Morgan fingerprint density at radius 1 is 1.00 bits per heavy atom. The lowest BCUT2D eigenvalue weighted by Crippen LogP contribution is -2.38. The minimum absolute atomic E-state index is 0.837. The highest BCUT2D eigenvalue weighted by molar-refractivity contribution is 4.96. The van der Waals surface area contributed by atoms with Gasteiger partial charge in [-0.25, -0.2) is 0 Å². The van der Waals surface area contributed by atoms with Crippen LogP contribution >= 0.6 is 0 Å². The first-order valence-electron chi connectivity index (χ1n) is 6.80. The summed E-state index contributed by atoms with van der Waals surface area (Å²) in [6, 6.07) is 1.76. The lowest BCUT2D eigenvalue weighted by molar-refractivity contribution is 0.160. The molecule has 0 amide bonds. The van der Waals surface area contributed by atoms with E-state index in [9.17, 15) is 0 Å². The molecule has 3 fully saturated rings. The van der Waals surface area contributed by atoms with Crippen LogP contribution in [-0.2, 0) is 0 Å². The molecule has 0 aromatic rings. The van der Waals surface area contributed by atoms with E-state index in [1.807, 2.05) is 0 Å². The van der Waals surface area contributed by atoms with Gasteiger partial charge in [-0.1, -0.05) is 6.92 Å². The van der Waals surface area contributed by atoms with Crippen LogP contribution in [0.2, 0.25) is 0 Å². The van der Waals surface area contributed by atoms with Crippen LogP contribution in [0, 0.1) is 11.8 Å². The van der Waals surface area contributed by atoms with Crippen molar-refractivity contribution in [3.05, 3.63) is 0 Å². The van der Waals surface area contributed by atoms with E-state index in [1.54, 1.807) is 0 Å². The van der Waals surface area contributed by atoms with Gasteiger partial charge in [0.05, 0.1) is 0 Å². The van der Waals surface area contributed by atoms with Crippen molar-refractivity contribution in [3.8, 4) is 0 Å². The van der Waals surface area contributed by atoms with Gasteiger partial charge in [0.15, 0.2) is 0 Å². The molecule has 1 aliphatic carbocycles. The Balaban J connectivity index is 1.56. The largest absolute Gasteiger partial charge is 0.312 e. The van der Waals surface area contributed by atoms with Crippen LogP contribution in [0.1, 0.15) is 39.0 Å². The smallest absolute Gasteiger partial charge is 0.0236 e. The molecule has 1 saturated carbocycles. The maximum absolute atomic E-state index is 3.65. The second kappa shape index (κ2) is 4.06. The number of nitrogens with one attached hydrogen (secondary N) is 1. The van der Waals surface area contributed by atoms with Gasteiger partial charge in [-0.15, -0.1) is 0 Å². The first-order valence-corrected chi connectivity index (χ1v) is 6.80. The lowest BCUT2D eigenvalue weighted by atomic mass is 9.87. The van der Waals surface area contributed by atoms with E-state index in [0.29, 0.717) is 0 Å². The normalized spacial score (nSPS) is 47.0. The van der Waals surface area contributed by atoms with Crippen LogP contribution in [0.15, 0.2) is 0 Å². The maximum Gasteiger partial charge on any atom is 0.0236 e. The average Bonchev–Trinajstić information content (AvgIpc) is 2.78. The van der Waals surface area contributed by atoms with E-state index in [2.05, 4.69) is 17.1 Å². The maximum atomic E-state index is 3.65. The molecule has 0 unspecified atom stereocenters. The van der Waals surface area contributed by atoms with E-state index in [-0.39, 0.29) is 0 Å². The van der Waals surface area contributed by atoms with Crippen LogP contribution < -0.4 is 5.32 Å². The lowest BCUT2D eigenvalue weighted by Gasteiger charge is -2.33. The second-order valence-electron chi connectivity index (χ2n) is 5.98. The minimum Gasteiger partial charge on any atom is -0.312 e. The van der Waals surface area contributed by atoms with Crippen molar-refractivity contribution in [2.24, 2.45) is 11.8 Å². The zero-order valence-corrected chi connectivity index (χ0v) is 9.91. The summed E-state index contributed by atoms with van der Waals surface area (Å²) >= 11 is 0. The molecule has 2 saturated heterocycles. The molecule has 0 radical (unpaired) electrons. The van der Waals surface area contributed by atoms with Crippen LogP contribution in [0.25, 0.3) is 0 Å². The minimum atomic E-state index is 0.837. The van der Waals surface area contributed by atoms with Crippen molar-refractivity contribution in [3.63, 3.8) is 0 Å². The van der Waals surface area contributed by atoms with Crippen LogP contribution in [0.3, 0.4) is 0 Å². The number of rotatable bonds is 1. The monoisotopic (exact) mass is 208 g/mol. The molecule has 0 spiro atoms. The van der Waals surface area contributed by atoms with Gasteiger partial charge < -0.3 is 5.32 Å². The zero-order valence-electron chi connectivity index (χ0n) is 9.91. The fourth-order valence-electron chi connectivity index (χ4n) is 3.79. The Labute approximate surface area is 93.4 Å². The van der Waals surface area contributed by atoms with Crippen LogP contribution in [-0.4, -0.2) is 36.6 Å². The Hall–Kier alpha value is -0.0800. The van der Waals surface area contributed by atoms with Crippen molar-refractivity contribution in [1.82, 2.24) is 10.2 Å². The quantitative estimate of drug-likeness (QED) is 0.707. The summed E-state index contributed by atoms with van der Waals surface area (Å²) in [4.78, 5) is 2.79. The van der Waals surface area contributed by atoms with Gasteiger partial charge >= 0.3 is 0 Å². The average molecular weight is 208 g/mol. The molecular weight excluding hydrogens is 184 g/mol. The summed E-state index contributed by atoms with van der Waals surface area (Å²) in [7, 11) is 0. The zero-order chi connectivity index (χ0) is 10.3. The molecule has 0 bridgehead atoms. The van der Waals surface area contributed by atoms with Crippen molar-refractivity contribution < 1.29 is 0 Å². The van der Waals surface area contributed by atoms with Crippen molar-refractivity contribution >= 4 is 0 Å². The molecule has 3 aliphatic rings. The predicted molar refractivity (Wildman–Crippen MR) is 62.9 cm³/mol. The SMILES string of the molecule is CC1CCC(N2C[C@@H]3CCN[C@@H]3C2)CC1. The molecule has 86 valence electrons. The van der Waals surface area contributed by atoms with Crippen molar-refractivity contribution in [2.75, 3.05) is 19.6 Å². The number of nitrogens with zero attached hydrogens (tertiary/aromatic N) is 1. The third kappa shape index (κ3) is 1.94. The topological polar surface area (TPSA) is 15.3 Å². The molecule has 2 nitrogen and oxygen atoms in total. The summed E-state index contributed by atoms with van der Waals surface area (Å²) in [5, 5.41) is 3.65. The highest BCUT2D eigenvalue weighted by Crippen LogP contribution is 2.32. The van der Waals surface area contributed by atoms with E-state index in [0.717, 1.165) is 23.9 Å². The highest BCUT2D eigenvalue weighted by atomic mass is 15.2. The van der Waals surface area contributed by atoms with Gasteiger partial charge in [0.25, 0.3) is 0 Å². The third-order valence-corrected chi connectivity index (χ3v) is 4.89. The Kier molecular flexibility index (Phi) is 2.73. The molecule has 2 heterocycles. The summed E-state index contributed by atoms with van der Waals surface area (Å²) in [6.07, 6.45) is 7.26. The molecule has 2 heteroatoms. The highest BCUT2D eigenvalue weighted by Gasteiger charge is 2.38. The first kappa shape index (κ1) is 10.1. The predicted octanol–water partition coefficient (Wildman–Crippen LogP) is 1.86. The van der Waals surface area contributed by atoms with E-state index >= 15 is 0 Å². The van der Waals surface area contributed by atoms with Gasteiger partial charge in [-0.3, -0.25) is 4.90 Å². The first-order chi connectivity index (χ1) is 7.33. The van der Waals surface area contributed by atoms with Crippen molar-refractivity contribution in [1.29, 1.82) is 0 Å². The van der Waals surface area contributed by atoms with Gasteiger partial charge in [0.2, 0.25) is 0 Å². The number of fused-ring (bicyclic) bond motifs is 1. The van der Waals surface area contributed by atoms with Crippen LogP contribution in [0.5, 0.6) is 0 Å². The van der Waals surface area contributed by atoms with Crippen molar-refractivity contribution in [2.45, 2.75) is 51.1 Å². The molecule has 0 aromatic heterocycles. The molecule has 2 atom stereocenters. The van der Waals surface area contributed by atoms with Gasteiger partial charge in [0.1, 0.15) is 0 Å². The second-order valence-corrected chi connectivity index (χ2v) is 5.98. The summed E-state index contributed by atoms with van der Waals surface area (Å²) in [5.41, 5.74) is 0. The van der Waals surface area contributed by atoms with E-state index in [4.69, 9.17) is 0 Å².